The molecular weight excluding hydrogens is 196 g/mol. The number of aliphatic hydroxyl groups is 1. The lowest BCUT2D eigenvalue weighted by Gasteiger charge is -2.48. The van der Waals surface area contributed by atoms with Crippen LogP contribution in [0.15, 0.2) is 0 Å². The van der Waals surface area contributed by atoms with E-state index in [1.165, 1.54) is 38.5 Å². The van der Waals surface area contributed by atoms with Gasteiger partial charge < -0.3 is 5.11 Å². The second-order valence-electron chi connectivity index (χ2n) is 6.85. The summed E-state index contributed by atoms with van der Waals surface area (Å²) in [6.07, 6.45) is 9.29. The predicted octanol–water partition coefficient (Wildman–Crippen LogP) is 4.00. The number of hydrogen-bond donors (Lipinski definition) is 1. The molecule has 0 spiro atoms. The van der Waals surface area contributed by atoms with E-state index in [2.05, 4.69) is 20.8 Å². The van der Waals surface area contributed by atoms with Crippen molar-refractivity contribution in [1.29, 1.82) is 0 Å². The Labute approximate surface area is 101 Å². The van der Waals surface area contributed by atoms with Crippen LogP contribution in [-0.2, 0) is 0 Å². The molecule has 0 saturated heterocycles. The summed E-state index contributed by atoms with van der Waals surface area (Å²) in [7, 11) is 0. The van der Waals surface area contributed by atoms with E-state index in [0.29, 0.717) is 17.3 Å². The summed E-state index contributed by atoms with van der Waals surface area (Å²) < 4.78 is 0. The molecule has 0 aromatic rings. The lowest BCUT2D eigenvalue weighted by molar-refractivity contribution is -0.0302. The molecule has 0 aromatic heterocycles. The summed E-state index contributed by atoms with van der Waals surface area (Å²) >= 11 is 0. The molecule has 0 aliphatic heterocycles. The molecule has 1 N–H and O–H groups in total. The van der Waals surface area contributed by atoms with Gasteiger partial charge in [0, 0.05) is 0 Å². The minimum absolute atomic E-state index is 0.0507. The highest BCUT2D eigenvalue weighted by atomic mass is 16.3. The van der Waals surface area contributed by atoms with Crippen molar-refractivity contribution in [3.8, 4) is 0 Å². The van der Waals surface area contributed by atoms with Gasteiger partial charge in [-0.3, -0.25) is 0 Å². The maximum absolute atomic E-state index is 10.4. The van der Waals surface area contributed by atoms with Gasteiger partial charge in [0.05, 0.1) is 6.10 Å². The highest BCUT2D eigenvalue weighted by molar-refractivity contribution is 4.93. The van der Waals surface area contributed by atoms with Gasteiger partial charge in [-0.25, -0.2) is 0 Å². The molecular formula is C15H28O. The third-order valence-corrected chi connectivity index (χ3v) is 5.28. The number of aliphatic hydroxyl groups excluding tert-OH is 1. The van der Waals surface area contributed by atoms with Crippen molar-refractivity contribution in [3.05, 3.63) is 0 Å². The fraction of sp³-hybridized carbons (Fsp3) is 1.00. The minimum Gasteiger partial charge on any atom is -0.393 e. The van der Waals surface area contributed by atoms with Gasteiger partial charge in [-0.05, 0) is 48.9 Å². The van der Waals surface area contributed by atoms with Crippen molar-refractivity contribution in [2.75, 3.05) is 0 Å². The van der Waals surface area contributed by atoms with Crippen LogP contribution in [0.1, 0.15) is 65.7 Å². The van der Waals surface area contributed by atoms with Gasteiger partial charge in [0.1, 0.15) is 0 Å². The van der Waals surface area contributed by atoms with Crippen LogP contribution in [0, 0.1) is 23.2 Å². The Hall–Kier alpha value is -0.0400. The van der Waals surface area contributed by atoms with Crippen molar-refractivity contribution < 1.29 is 5.11 Å². The Morgan fingerprint density at radius 1 is 1.38 bits per heavy atom. The highest BCUT2D eigenvalue weighted by Crippen LogP contribution is 2.51. The normalized spacial score (nSPS) is 42.8. The van der Waals surface area contributed by atoms with Crippen molar-refractivity contribution in [2.24, 2.45) is 23.2 Å². The zero-order chi connectivity index (χ0) is 11.8. The van der Waals surface area contributed by atoms with Crippen LogP contribution in [-0.4, -0.2) is 11.2 Å². The first-order valence-corrected chi connectivity index (χ1v) is 7.22. The van der Waals surface area contributed by atoms with Crippen LogP contribution >= 0.6 is 0 Å². The van der Waals surface area contributed by atoms with Crippen LogP contribution < -0.4 is 0 Å². The van der Waals surface area contributed by atoms with Crippen molar-refractivity contribution in [2.45, 2.75) is 71.8 Å². The van der Waals surface area contributed by atoms with Gasteiger partial charge >= 0.3 is 0 Å². The lowest BCUT2D eigenvalue weighted by atomic mass is 9.58. The molecule has 0 radical (unpaired) electrons. The average molecular weight is 224 g/mol. The molecule has 94 valence electrons. The fourth-order valence-electron chi connectivity index (χ4n) is 4.22. The van der Waals surface area contributed by atoms with Crippen molar-refractivity contribution in [1.82, 2.24) is 0 Å². The smallest absolute Gasteiger partial charge is 0.0594 e. The molecule has 2 fully saturated rings. The third-order valence-electron chi connectivity index (χ3n) is 5.28. The zero-order valence-electron chi connectivity index (χ0n) is 11.2. The summed E-state index contributed by atoms with van der Waals surface area (Å²) in [5, 5.41) is 10.4. The molecule has 0 aromatic carbocycles. The maximum Gasteiger partial charge on any atom is 0.0594 e. The lowest BCUT2D eigenvalue weighted by Crippen LogP contribution is -2.40. The molecule has 2 aliphatic carbocycles. The number of hydrogen-bond acceptors (Lipinski definition) is 1. The fourth-order valence-corrected chi connectivity index (χ4v) is 4.22. The first kappa shape index (κ1) is 12.4. The Bertz CT molecular complexity index is 238. The highest BCUT2D eigenvalue weighted by Gasteiger charge is 2.42. The van der Waals surface area contributed by atoms with Gasteiger partial charge in [0.15, 0.2) is 0 Å². The number of fused-ring (bicyclic) bond motifs is 2. The third kappa shape index (κ3) is 2.45. The quantitative estimate of drug-likeness (QED) is 0.768. The van der Waals surface area contributed by atoms with E-state index in [1.54, 1.807) is 0 Å². The topological polar surface area (TPSA) is 20.2 Å². The van der Waals surface area contributed by atoms with E-state index in [4.69, 9.17) is 0 Å². The zero-order valence-corrected chi connectivity index (χ0v) is 11.2. The Kier molecular flexibility index (Phi) is 3.63. The molecule has 2 aliphatic rings. The second-order valence-corrected chi connectivity index (χ2v) is 6.85. The van der Waals surface area contributed by atoms with Crippen LogP contribution in [0.5, 0.6) is 0 Å². The molecule has 1 nitrogen and oxygen atoms in total. The molecule has 1 heteroatoms. The van der Waals surface area contributed by atoms with Crippen LogP contribution in [0.2, 0.25) is 0 Å². The van der Waals surface area contributed by atoms with Crippen molar-refractivity contribution >= 4 is 0 Å². The van der Waals surface area contributed by atoms with E-state index in [-0.39, 0.29) is 6.10 Å². The monoisotopic (exact) mass is 224 g/mol. The first-order chi connectivity index (χ1) is 7.54. The summed E-state index contributed by atoms with van der Waals surface area (Å²) in [4.78, 5) is 0. The Morgan fingerprint density at radius 3 is 2.75 bits per heavy atom. The maximum atomic E-state index is 10.4. The molecule has 2 rings (SSSR count). The molecule has 2 saturated carbocycles. The average Bonchev–Trinajstić information content (AvgIpc) is 2.25. The van der Waals surface area contributed by atoms with E-state index < -0.39 is 0 Å². The van der Waals surface area contributed by atoms with Crippen LogP contribution in [0.3, 0.4) is 0 Å². The van der Waals surface area contributed by atoms with E-state index >= 15 is 0 Å². The van der Waals surface area contributed by atoms with Crippen LogP contribution in [0.4, 0.5) is 0 Å². The van der Waals surface area contributed by atoms with E-state index in [9.17, 15) is 5.11 Å². The number of rotatable bonds is 3. The molecule has 5 atom stereocenters. The van der Waals surface area contributed by atoms with Gasteiger partial charge in [0.2, 0.25) is 0 Å². The molecule has 16 heavy (non-hydrogen) atoms. The standard InChI is InChI=1S/C15H28O/c1-4-11(2)14(16)13-8-12-6-5-7-15(3,9-12)10-13/h11-14,16H,4-10H2,1-3H3. The second kappa shape index (κ2) is 4.68. The largest absolute Gasteiger partial charge is 0.393 e. The van der Waals surface area contributed by atoms with Gasteiger partial charge in [-0.1, -0.05) is 40.0 Å². The van der Waals surface area contributed by atoms with Gasteiger partial charge in [-0.2, -0.15) is 0 Å². The first-order valence-electron chi connectivity index (χ1n) is 7.22. The molecule has 2 bridgehead atoms. The van der Waals surface area contributed by atoms with Crippen LogP contribution in [0.25, 0.3) is 0 Å². The SMILES string of the molecule is CCC(C)C(O)C1CC2CCCC(C)(C2)C1. The van der Waals surface area contributed by atoms with E-state index in [1.807, 2.05) is 0 Å². The summed E-state index contributed by atoms with van der Waals surface area (Å²) in [6, 6.07) is 0. The van der Waals surface area contributed by atoms with Gasteiger partial charge in [-0.15, -0.1) is 0 Å². The Balaban J connectivity index is 2.02. The summed E-state index contributed by atoms with van der Waals surface area (Å²) in [5.74, 6) is 1.97. The van der Waals surface area contributed by atoms with Gasteiger partial charge in [0.25, 0.3) is 0 Å². The molecule has 0 heterocycles. The van der Waals surface area contributed by atoms with E-state index in [0.717, 1.165) is 12.3 Å². The summed E-state index contributed by atoms with van der Waals surface area (Å²) in [6.45, 7) is 6.85. The van der Waals surface area contributed by atoms with Crippen molar-refractivity contribution in [3.63, 3.8) is 0 Å². The molecule has 0 amide bonds. The summed E-state index contributed by atoms with van der Waals surface area (Å²) in [5.41, 5.74) is 0.556. The molecule has 5 unspecified atom stereocenters. The minimum atomic E-state index is -0.0507. The predicted molar refractivity (Wildman–Crippen MR) is 68.3 cm³/mol. The Morgan fingerprint density at radius 2 is 2.12 bits per heavy atom.